The van der Waals surface area contributed by atoms with Gasteiger partial charge in [-0.3, -0.25) is 5.43 Å². The second kappa shape index (κ2) is 6.55. The van der Waals surface area contributed by atoms with Gasteiger partial charge in [-0.1, -0.05) is 0 Å². The third-order valence-electron chi connectivity index (χ3n) is 2.25. The molecule has 19 heavy (non-hydrogen) atoms. The molecule has 2 aromatic rings. The van der Waals surface area contributed by atoms with E-state index in [4.69, 9.17) is 21.4 Å². The molecule has 0 spiro atoms. The molecule has 2 N–H and O–H groups in total. The molecule has 0 aliphatic carbocycles. The summed E-state index contributed by atoms with van der Waals surface area (Å²) < 4.78 is 10.2. The van der Waals surface area contributed by atoms with Crippen LogP contribution in [0.25, 0.3) is 0 Å². The summed E-state index contributed by atoms with van der Waals surface area (Å²) in [6.07, 6.45) is 3.12. The number of methoxy groups -OCH3 is 1. The summed E-state index contributed by atoms with van der Waals surface area (Å²) >= 11 is 5.09. The Hall–Kier alpha value is -2.34. The van der Waals surface area contributed by atoms with Crippen molar-refractivity contribution in [2.45, 2.75) is 0 Å². The Morgan fingerprint density at radius 1 is 1.32 bits per heavy atom. The molecule has 0 saturated carbocycles. The van der Waals surface area contributed by atoms with Crippen molar-refractivity contribution in [1.29, 1.82) is 0 Å². The number of hydrogen-bond donors (Lipinski definition) is 2. The molecule has 0 amide bonds. The second-order valence-corrected chi connectivity index (χ2v) is 3.98. The molecule has 5 nitrogen and oxygen atoms in total. The number of rotatable bonds is 4. The van der Waals surface area contributed by atoms with E-state index in [2.05, 4.69) is 15.8 Å². The van der Waals surface area contributed by atoms with Crippen LogP contribution >= 0.6 is 12.2 Å². The van der Waals surface area contributed by atoms with Gasteiger partial charge in [0.05, 0.1) is 19.6 Å². The van der Waals surface area contributed by atoms with E-state index < -0.39 is 0 Å². The number of nitrogens with one attached hydrogen (secondary N) is 2. The van der Waals surface area contributed by atoms with E-state index in [0.717, 1.165) is 11.4 Å². The first-order valence-electron chi connectivity index (χ1n) is 5.55. The van der Waals surface area contributed by atoms with Gasteiger partial charge in [-0.05, 0) is 48.6 Å². The zero-order valence-corrected chi connectivity index (χ0v) is 11.1. The summed E-state index contributed by atoms with van der Waals surface area (Å²) in [6.45, 7) is 0. The van der Waals surface area contributed by atoms with Gasteiger partial charge in [0.2, 0.25) is 0 Å². The van der Waals surface area contributed by atoms with E-state index in [1.165, 1.54) is 0 Å². The summed E-state index contributed by atoms with van der Waals surface area (Å²) in [7, 11) is 1.62. The zero-order valence-electron chi connectivity index (χ0n) is 10.3. The van der Waals surface area contributed by atoms with Crippen LogP contribution in [0.3, 0.4) is 0 Å². The fourth-order valence-electron chi connectivity index (χ4n) is 1.35. The second-order valence-electron chi connectivity index (χ2n) is 3.57. The minimum atomic E-state index is 0.396. The average molecular weight is 275 g/mol. The maximum Gasteiger partial charge on any atom is 0.191 e. The zero-order chi connectivity index (χ0) is 13.5. The van der Waals surface area contributed by atoms with E-state index in [1.807, 2.05) is 24.3 Å². The Morgan fingerprint density at radius 3 is 2.74 bits per heavy atom. The van der Waals surface area contributed by atoms with E-state index in [9.17, 15) is 0 Å². The van der Waals surface area contributed by atoms with E-state index in [1.54, 1.807) is 31.7 Å². The van der Waals surface area contributed by atoms with Crippen molar-refractivity contribution >= 4 is 29.2 Å². The minimum absolute atomic E-state index is 0.396. The SMILES string of the molecule is COc1ccc(NC(=S)NN=Cc2ccco2)cc1. The molecule has 0 aliphatic rings. The highest BCUT2D eigenvalue weighted by Gasteiger charge is 1.97. The van der Waals surface area contributed by atoms with Crippen molar-refractivity contribution in [3.63, 3.8) is 0 Å². The summed E-state index contributed by atoms with van der Waals surface area (Å²) in [5.74, 6) is 1.44. The molecule has 0 radical (unpaired) electrons. The molecule has 0 aliphatic heterocycles. The Morgan fingerprint density at radius 2 is 2.11 bits per heavy atom. The molecule has 0 unspecified atom stereocenters. The van der Waals surface area contributed by atoms with Crippen LogP contribution < -0.4 is 15.5 Å². The maximum absolute atomic E-state index is 5.09. The van der Waals surface area contributed by atoms with Gasteiger partial charge >= 0.3 is 0 Å². The number of nitrogens with zero attached hydrogens (tertiary/aromatic N) is 1. The van der Waals surface area contributed by atoms with Gasteiger partial charge < -0.3 is 14.5 Å². The molecule has 0 fully saturated rings. The van der Waals surface area contributed by atoms with Crippen molar-refractivity contribution in [1.82, 2.24) is 5.43 Å². The number of hydrogen-bond acceptors (Lipinski definition) is 4. The van der Waals surface area contributed by atoms with Crippen LogP contribution in [0.2, 0.25) is 0 Å². The fourth-order valence-corrected chi connectivity index (χ4v) is 1.52. The quantitative estimate of drug-likeness (QED) is 0.510. The normalized spacial score (nSPS) is 10.4. The first-order valence-corrected chi connectivity index (χ1v) is 5.96. The molecule has 0 bridgehead atoms. The molecular weight excluding hydrogens is 262 g/mol. The number of benzene rings is 1. The summed E-state index contributed by atoms with van der Waals surface area (Å²) in [5.41, 5.74) is 3.55. The van der Waals surface area contributed by atoms with Crippen molar-refractivity contribution in [3.8, 4) is 5.75 Å². The Kier molecular flexibility index (Phi) is 4.52. The molecule has 0 atom stereocenters. The molecule has 1 aromatic heterocycles. The predicted octanol–water partition coefficient (Wildman–Crippen LogP) is 2.61. The Bertz CT molecular complexity index is 550. The van der Waals surface area contributed by atoms with Crippen LogP contribution in [0.5, 0.6) is 5.75 Å². The van der Waals surface area contributed by atoms with Gasteiger partial charge in [0.1, 0.15) is 11.5 Å². The molecular formula is C13H13N3O2S. The average Bonchev–Trinajstić information content (AvgIpc) is 2.93. The number of hydrazone groups is 1. The fraction of sp³-hybridized carbons (Fsp3) is 0.0769. The van der Waals surface area contributed by atoms with Crippen molar-refractivity contribution < 1.29 is 9.15 Å². The van der Waals surface area contributed by atoms with Gasteiger partial charge in [0.15, 0.2) is 5.11 Å². The molecule has 6 heteroatoms. The lowest BCUT2D eigenvalue weighted by atomic mass is 10.3. The monoisotopic (exact) mass is 275 g/mol. The van der Waals surface area contributed by atoms with Gasteiger partial charge in [-0.2, -0.15) is 5.10 Å². The van der Waals surface area contributed by atoms with Crippen LogP contribution in [0.4, 0.5) is 5.69 Å². The third kappa shape index (κ3) is 4.11. The van der Waals surface area contributed by atoms with Crippen LogP contribution in [-0.2, 0) is 0 Å². The third-order valence-corrected chi connectivity index (χ3v) is 2.44. The van der Waals surface area contributed by atoms with Gasteiger partial charge in [0.25, 0.3) is 0 Å². The van der Waals surface area contributed by atoms with Crippen LogP contribution in [0, 0.1) is 0 Å². The number of ether oxygens (including phenoxy) is 1. The maximum atomic E-state index is 5.09. The van der Waals surface area contributed by atoms with Gasteiger partial charge in [-0.15, -0.1) is 0 Å². The molecule has 2 rings (SSSR count). The predicted molar refractivity (Wildman–Crippen MR) is 78.7 cm³/mol. The number of furan rings is 1. The lowest BCUT2D eigenvalue weighted by Gasteiger charge is -2.07. The Balaban J connectivity index is 1.83. The van der Waals surface area contributed by atoms with Crippen molar-refractivity contribution in [3.05, 3.63) is 48.4 Å². The van der Waals surface area contributed by atoms with Gasteiger partial charge in [0, 0.05) is 5.69 Å². The number of thiocarbonyl (C=S) groups is 1. The smallest absolute Gasteiger partial charge is 0.191 e. The summed E-state index contributed by atoms with van der Waals surface area (Å²) in [4.78, 5) is 0. The van der Waals surface area contributed by atoms with Crippen LogP contribution in [-0.4, -0.2) is 18.4 Å². The lowest BCUT2D eigenvalue weighted by Crippen LogP contribution is -2.23. The van der Waals surface area contributed by atoms with Gasteiger partial charge in [-0.25, -0.2) is 0 Å². The summed E-state index contributed by atoms with van der Waals surface area (Å²) in [5, 5.41) is 7.34. The highest BCUT2D eigenvalue weighted by Crippen LogP contribution is 2.14. The largest absolute Gasteiger partial charge is 0.497 e. The summed E-state index contributed by atoms with van der Waals surface area (Å²) in [6, 6.07) is 11.0. The molecule has 0 saturated heterocycles. The van der Waals surface area contributed by atoms with Crippen molar-refractivity contribution in [2.75, 3.05) is 12.4 Å². The molecule has 1 aromatic carbocycles. The molecule has 1 heterocycles. The first-order chi connectivity index (χ1) is 9.28. The first kappa shape index (κ1) is 13.1. The highest BCUT2D eigenvalue weighted by molar-refractivity contribution is 7.80. The standard InChI is InChI=1S/C13H13N3O2S/c1-17-11-6-4-10(5-7-11)15-13(19)16-14-9-12-3-2-8-18-12/h2-9H,1H3,(H2,15,16,19). The van der Waals surface area contributed by atoms with Crippen LogP contribution in [0.15, 0.2) is 52.2 Å². The highest BCUT2D eigenvalue weighted by atomic mass is 32.1. The molecule has 98 valence electrons. The van der Waals surface area contributed by atoms with E-state index in [0.29, 0.717) is 10.9 Å². The topological polar surface area (TPSA) is 58.8 Å². The Labute approximate surface area is 116 Å². The van der Waals surface area contributed by atoms with E-state index in [-0.39, 0.29) is 0 Å². The lowest BCUT2D eigenvalue weighted by molar-refractivity contribution is 0.415. The van der Waals surface area contributed by atoms with Crippen LogP contribution in [0.1, 0.15) is 5.76 Å². The number of anilines is 1. The van der Waals surface area contributed by atoms with E-state index >= 15 is 0 Å². The van der Waals surface area contributed by atoms with Crippen molar-refractivity contribution in [2.24, 2.45) is 5.10 Å². The minimum Gasteiger partial charge on any atom is -0.497 e.